The summed E-state index contributed by atoms with van der Waals surface area (Å²) in [5.41, 5.74) is 1.51. The minimum absolute atomic E-state index is 0.384. The van der Waals surface area contributed by atoms with Gasteiger partial charge >= 0.3 is 0 Å². The molecule has 2 atom stereocenters. The second-order valence-corrected chi connectivity index (χ2v) is 6.00. The summed E-state index contributed by atoms with van der Waals surface area (Å²) in [5.74, 6) is 0. The van der Waals surface area contributed by atoms with Gasteiger partial charge in [0.2, 0.25) is 0 Å². The topological polar surface area (TPSA) is 47.8 Å². The predicted molar refractivity (Wildman–Crippen MR) is 84.1 cm³/mol. The molecule has 1 fully saturated rings. The van der Waals surface area contributed by atoms with Gasteiger partial charge in [0, 0.05) is 17.8 Å². The van der Waals surface area contributed by atoms with Crippen molar-refractivity contribution in [3.05, 3.63) is 28.8 Å². The molecule has 0 spiro atoms. The third-order valence-electron chi connectivity index (χ3n) is 3.80. The lowest BCUT2D eigenvalue weighted by Gasteiger charge is -2.22. The summed E-state index contributed by atoms with van der Waals surface area (Å²) in [4.78, 5) is 0. The van der Waals surface area contributed by atoms with Gasteiger partial charge in [0.1, 0.15) is 6.07 Å². The molecule has 2 N–H and O–H groups in total. The van der Waals surface area contributed by atoms with Crippen LogP contribution in [-0.4, -0.2) is 18.6 Å². The zero-order valence-corrected chi connectivity index (χ0v) is 12.7. The lowest BCUT2D eigenvalue weighted by atomic mass is 10.0. The summed E-state index contributed by atoms with van der Waals surface area (Å²) < 4.78 is 0. The molecular weight excluding hydrogens is 270 g/mol. The summed E-state index contributed by atoms with van der Waals surface area (Å²) in [6.07, 6.45) is 6.34. The van der Waals surface area contributed by atoms with E-state index in [4.69, 9.17) is 16.9 Å². The van der Waals surface area contributed by atoms with E-state index in [0.29, 0.717) is 22.7 Å². The van der Waals surface area contributed by atoms with E-state index in [2.05, 4.69) is 23.6 Å². The first-order valence-corrected chi connectivity index (χ1v) is 7.76. The van der Waals surface area contributed by atoms with Gasteiger partial charge in [-0.2, -0.15) is 5.26 Å². The molecule has 20 heavy (non-hydrogen) atoms. The van der Waals surface area contributed by atoms with E-state index in [-0.39, 0.29) is 0 Å². The highest BCUT2D eigenvalue weighted by Crippen LogP contribution is 2.22. The first-order valence-electron chi connectivity index (χ1n) is 7.38. The van der Waals surface area contributed by atoms with Gasteiger partial charge in [-0.3, -0.25) is 0 Å². The standard InChI is InChI=1S/C16H22ClN3/c1-12(9-14-5-3-2-4-8-19-14)20-15-7-6-13(11-18)16(17)10-15/h6-7,10,12,14,19-20H,2-5,8-9H2,1H3. The van der Waals surface area contributed by atoms with Crippen molar-refractivity contribution in [1.29, 1.82) is 5.26 Å². The summed E-state index contributed by atoms with van der Waals surface area (Å²) in [6.45, 7) is 3.33. The minimum Gasteiger partial charge on any atom is -0.382 e. The number of hydrogen-bond acceptors (Lipinski definition) is 3. The molecule has 1 saturated heterocycles. The van der Waals surface area contributed by atoms with Crippen LogP contribution in [0.15, 0.2) is 18.2 Å². The van der Waals surface area contributed by atoms with Gasteiger partial charge in [-0.1, -0.05) is 24.4 Å². The van der Waals surface area contributed by atoms with Crippen molar-refractivity contribution in [2.75, 3.05) is 11.9 Å². The van der Waals surface area contributed by atoms with Crippen LogP contribution in [0.1, 0.15) is 44.6 Å². The Labute approximate surface area is 126 Å². The Balaban J connectivity index is 1.89. The van der Waals surface area contributed by atoms with E-state index in [1.807, 2.05) is 12.1 Å². The van der Waals surface area contributed by atoms with E-state index in [1.54, 1.807) is 6.07 Å². The van der Waals surface area contributed by atoms with Gasteiger partial charge in [0.05, 0.1) is 10.6 Å². The molecule has 2 rings (SSSR count). The fraction of sp³-hybridized carbons (Fsp3) is 0.562. The molecule has 0 amide bonds. The number of nitrogens with one attached hydrogen (secondary N) is 2. The zero-order valence-electron chi connectivity index (χ0n) is 12.0. The molecule has 3 nitrogen and oxygen atoms in total. The highest BCUT2D eigenvalue weighted by molar-refractivity contribution is 6.32. The Morgan fingerprint density at radius 3 is 3.05 bits per heavy atom. The van der Waals surface area contributed by atoms with Gasteiger partial charge in [0.25, 0.3) is 0 Å². The maximum atomic E-state index is 8.87. The zero-order chi connectivity index (χ0) is 14.4. The highest BCUT2D eigenvalue weighted by atomic mass is 35.5. The maximum Gasteiger partial charge on any atom is 0.101 e. The molecule has 0 radical (unpaired) electrons. The van der Waals surface area contributed by atoms with E-state index in [1.165, 1.54) is 25.7 Å². The summed E-state index contributed by atoms with van der Waals surface area (Å²) in [5, 5.41) is 16.5. The fourth-order valence-corrected chi connectivity index (χ4v) is 2.99. The van der Waals surface area contributed by atoms with E-state index in [0.717, 1.165) is 18.7 Å². The molecule has 4 heteroatoms. The Bertz CT molecular complexity index is 473. The molecule has 0 bridgehead atoms. The molecule has 2 unspecified atom stereocenters. The quantitative estimate of drug-likeness (QED) is 0.883. The Hall–Kier alpha value is -1.24. The number of rotatable bonds is 4. The third-order valence-corrected chi connectivity index (χ3v) is 4.12. The molecule has 1 aromatic rings. The molecule has 1 aliphatic rings. The Morgan fingerprint density at radius 2 is 2.30 bits per heavy atom. The second kappa shape index (κ2) is 7.52. The van der Waals surface area contributed by atoms with E-state index in [9.17, 15) is 0 Å². The van der Waals surface area contributed by atoms with Crippen molar-refractivity contribution in [2.24, 2.45) is 0 Å². The van der Waals surface area contributed by atoms with Crippen LogP contribution in [0.2, 0.25) is 5.02 Å². The van der Waals surface area contributed by atoms with Crippen molar-refractivity contribution >= 4 is 17.3 Å². The smallest absolute Gasteiger partial charge is 0.101 e. The van der Waals surface area contributed by atoms with Gasteiger partial charge in [-0.15, -0.1) is 0 Å². The first kappa shape index (κ1) is 15.2. The minimum atomic E-state index is 0.384. The molecule has 0 saturated carbocycles. The average molecular weight is 292 g/mol. The maximum absolute atomic E-state index is 8.87. The van der Waals surface area contributed by atoms with Crippen molar-refractivity contribution in [1.82, 2.24) is 5.32 Å². The molecule has 0 aromatic heterocycles. The highest BCUT2D eigenvalue weighted by Gasteiger charge is 2.15. The normalized spacial score (nSPS) is 20.8. The van der Waals surface area contributed by atoms with Crippen molar-refractivity contribution in [2.45, 2.75) is 51.1 Å². The summed E-state index contributed by atoms with van der Waals surface area (Å²) in [6, 6.07) is 8.58. The molecule has 1 heterocycles. The van der Waals surface area contributed by atoms with Crippen LogP contribution in [0.5, 0.6) is 0 Å². The number of nitrogens with zero attached hydrogens (tertiary/aromatic N) is 1. The van der Waals surface area contributed by atoms with Crippen LogP contribution in [0.4, 0.5) is 5.69 Å². The SMILES string of the molecule is CC(CC1CCCCCN1)Nc1ccc(C#N)c(Cl)c1. The largest absolute Gasteiger partial charge is 0.382 e. The van der Waals surface area contributed by atoms with Crippen molar-refractivity contribution < 1.29 is 0 Å². The van der Waals surface area contributed by atoms with E-state index >= 15 is 0 Å². The number of nitriles is 1. The second-order valence-electron chi connectivity index (χ2n) is 5.59. The van der Waals surface area contributed by atoms with Crippen LogP contribution in [-0.2, 0) is 0 Å². The molecule has 0 aliphatic carbocycles. The number of hydrogen-bond donors (Lipinski definition) is 2. The fourth-order valence-electron chi connectivity index (χ4n) is 2.77. The van der Waals surface area contributed by atoms with Crippen molar-refractivity contribution in [3.63, 3.8) is 0 Å². The first-order chi connectivity index (χ1) is 9.69. The molecule has 108 valence electrons. The van der Waals surface area contributed by atoms with Crippen LogP contribution >= 0.6 is 11.6 Å². The summed E-state index contributed by atoms with van der Waals surface area (Å²) >= 11 is 6.05. The van der Waals surface area contributed by atoms with Crippen LogP contribution in [0.25, 0.3) is 0 Å². The van der Waals surface area contributed by atoms with Crippen molar-refractivity contribution in [3.8, 4) is 6.07 Å². The Morgan fingerprint density at radius 1 is 1.45 bits per heavy atom. The van der Waals surface area contributed by atoms with Crippen LogP contribution in [0, 0.1) is 11.3 Å². The van der Waals surface area contributed by atoms with Gasteiger partial charge in [-0.05, 0) is 50.9 Å². The molecule has 1 aromatic carbocycles. The van der Waals surface area contributed by atoms with Gasteiger partial charge < -0.3 is 10.6 Å². The van der Waals surface area contributed by atoms with Gasteiger partial charge in [-0.25, -0.2) is 0 Å². The van der Waals surface area contributed by atoms with Crippen LogP contribution in [0.3, 0.4) is 0 Å². The number of anilines is 1. The average Bonchev–Trinajstić information content (AvgIpc) is 2.67. The van der Waals surface area contributed by atoms with Gasteiger partial charge in [0.15, 0.2) is 0 Å². The number of halogens is 1. The Kier molecular flexibility index (Phi) is 5.70. The lowest BCUT2D eigenvalue weighted by molar-refractivity contribution is 0.456. The molecular formula is C16H22ClN3. The number of benzene rings is 1. The van der Waals surface area contributed by atoms with E-state index < -0.39 is 0 Å². The van der Waals surface area contributed by atoms with Crippen LogP contribution < -0.4 is 10.6 Å². The summed E-state index contributed by atoms with van der Waals surface area (Å²) in [7, 11) is 0. The molecule has 1 aliphatic heterocycles. The third kappa shape index (κ3) is 4.40. The lowest BCUT2D eigenvalue weighted by Crippen LogP contribution is -2.33. The predicted octanol–water partition coefficient (Wildman–Crippen LogP) is 3.93. The monoisotopic (exact) mass is 291 g/mol.